The van der Waals surface area contributed by atoms with Crippen molar-refractivity contribution >= 4 is 34.6 Å². The number of rotatable bonds is 7. The first-order valence-electron chi connectivity index (χ1n) is 8.56. The van der Waals surface area contributed by atoms with E-state index >= 15 is 0 Å². The van der Waals surface area contributed by atoms with E-state index < -0.39 is 0 Å². The van der Waals surface area contributed by atoms with Crippen molar-refractivity contribution in [2.24, 2.45) is 0 Å². The molecule has 2 aromatic rings. The summed E-state index contributed by atoms with van der Waals surface area (Å²) in [7, 11) is 1.90. The Morgan fingerprint density at radius 1 is 1.11 bits per heavy atom. The standard InChI is InChI=1S/C21H21N3OS2/c1-23-18(12-16-8-4-2-5-9-16)14-26-15-19-20(25)24(21(22)27-19)13-17-10-6-3-7-11-17/h2-11,14-15,22-23H,12-13H2,1H3/b18-14-,19-15-,22-21?. The summed E-state index contributed by atoms with van der Waals surface area (Å²) in [4.78, 5) is 14.7. The molecule has 4 nitrogen and oxygen atoms in total. The van der Waals surface area contributed by atoms with Crippen molar-refractivity contribution in [1.29, 1.82) is 5.41 Å². The quantitative estimate of drug-likeness (QED) is 0.674. The minimum absolute atomic E-state index is 0.108. The number of carbonyl (C=O) groups is 1. The molecule has 0 spiro atoms. The molecule has 138 valence electrons. The topological polar surface area (TPSA) is 56.2 Å². The van der Waals surface area contributed by atoms with Gasteiger partial charge in [-0.15, -0.1) is 11.8 Å². The van der Waals surface area contributed by atoms with Crippen LogP contribution < -0.4 is 5.32 Å². The van der Waals surface area contributed by atoms with Gasteiger partial charge in [0, 0.05) is 19.2 Å². The van der Waals surface area contributed by atoms with Gasteiger partial charge in [0.05, 0.1) is 11.4 Å². The van der Waals surface area contributed by atoms with Gasteiger partial charge >= 0.3 is 0 Å². The summed E-state index contributed by atoms with van der Waals surface area (Å²) in [6, 6.07) is 20.0. The highest BCUT2D eigenvalue weighted by Gasteiger charge is 2.32. The highest BCUT2D eigenvalue weighted by atomic mass is 32.2. The fourth-order valence-electron chi connectivity index (χ4n) is 2.59. The Hall–Kier alpha value is -2.44. The summed E-state index contributed by atoms with van der Waals surface area (Å²) in [5, 5.41) is 15.4. The first-order chi connectivity index (χ1) is 13.2. The lowest BCUT2D eigenvalue weighted by Crippen LogP contribution is -2.27. The van der Waals surface area contributed by atoms with Crippen LogP contribution in [0.15, 0.2) is 82.1 Å². The minimum Gasteiger partial charge on any atom is -0.391 e. The lowest BCUT2D eigenvalue weighted by atomic mass is 10.1. The Kier molecular flexibility index (Phi) is 6.79. The molecule has 0 atom stereocenters. The maximum Gasteiger partial charge on any atom is 0.267 e. The monoisotopic (exact) mass is 395 g/mol. The van der Waals surface area contributed by atoms with Crippen LogP contribution in [0, 0.1) is 5.41 Å². The Bertz CT molecular complexity index is 864. The van der Waals surface area contributed by atoms with Crippen molar-refractivity contribution in [3.05, 3.63) is 93.2 Å². The molecule has 27 heavy (non-hydrogen) atoms. The lowest BCUT2D eigenvalue weighted by molar-refractivity contribution is -0.122. The van der Waals surface area contributed by atoms with Gasteiger partial charge in [0.1, 0.15) is 0 Å². The molecule has 0 bridgehead atoms. The van der Waals surface area contributed by atoms with Crippen molar-refractivity contribution in [3.63, 3.8) is 0 Å². The summed E-state index contributed by atoms with van der Waals surface area (Å²) >= 11 is 2.68. The molecule has 0 aromatic heterocycles. The predicted octanol–water partition coefficient (Wildman–Crippen LogP) is 4.57. The van der Waals surface area contributed by atoms with E-state index in [0.29, 0.717) is 11.4 Å². The average molecular weight is 396 g/mol. The smallest absolute Gasteiger partial charge is 0.267 e. The van der Waals surface area contributed by atoms with Gasteiger partial charge in [0.25, 0.3) is 5.91 Å². The van der Waals surface area contributed by atoms with Crippen LogP contribution in [-0.2, 0) is 17.8 Å². The largest absolute Gasteiger partial charge is 0.391 e. The molecule has 1 heterocycles. The molecule has 1 amide bonds. The van der Waals surface area contributed by atoms with Crippen LogP contribution in [0.4, 0.5) is 0 Å². The zero-order valence-electron chi connectivity index (χ0n) is 15.0. The molecule has 0 unspecified atom stereocenters. The number of amidine groups is 1. The fraction of sp³-hybridized carbons (Fsp3) is 0.143. The Morgan fingerprint density at radius 2 is 1.74 bits per heavy atom. The van der Waals surface area contributed by atoms with Crippen molar-refractivity contribution in [1.82, 2.24) is 10.2 Å². The molecule has 1 aliphatic heterocycles. The average Bonchev–Trinajstić information content (AvgIpc) is 2.96. The van der Waals surface area contributed by atoms with Crippen LogP contribution in [0.5, 0.6) is 0 Å². The number of nitrogens with one attached hydrogen (secondary N) is 2. The zero-order valence-corrected chi connectivity index (χ0v) is 16.6. The molecule has 0 saturated carbocycles. The second kappa shape index (κ2) is 9.48. The molecule has 0 aliphatic carbocycles. The molecule has 1 saturated heterocycles. The highest BCUT2D eigenvalue weighted by Crippen LogP contribution is 2.33. The number of carbonyl (C=O) groups excluding carboxylic acids is 1. The second-order valence-electron chi connectivity index (χ2n) is 5.96. The normalized spacial score (nSPS) is 16.3. The van der Waals surface area contributed by atoms with Gasteiger partial charge in [0.2, 0.25) is 0 Å². The van der Waals surface area contributed by atoms with E-state index in [9.17, 15) is 4.79 Å². The first kappa shape index (κ1) is 19.3. The van der Waals surface area contributed by atoms with Gasteiger partial charge in [-0.25, -0.2) is 0 Å². The Balaban J connectivity index is 1.63. The van der Waals surface area contributed by atoms with Gasteiger partial charge in [-0.2, -0.15) is 0 Å². The van der Waals surface area contributed by atoms with Crippen molar-refractivity contribution in [2.75, 3.05) is 7.05 Å². The third-order valence-electron chi connectivity index (χ3n) is 4.04. The maximum absolute atomic E-state index is 12.6. The molecule has 0 radical (unpaired) electrons. The Labute approximate surface area is 168 Å². The van der Waals surface area contributed by atoms with Crippen LogP contribution in [0.1, 0.15) is 11.1 Å². The number of allylic oxidation sites excluding steroid dienone is 1. The fourth-order valence-corrected chi connectivity index (χ4v) is 4.28. The molecule has 2 aromatic carbocycles. The van der Waals surface area contributed by atoms with Crippen LogP contribution in [0.2, 0.25) is 0 Å². The van der Waals surface area contributed by atoms with Crippen LogP contribution >= 0.6 is 23.5 Å². The zero-order chi connectivity index (χ0) is 19.1. The number of thioether (sulfide) groups is 2. The summed E-state index contributed by atoms with van der Waals surface area (Å²) in [6.07, 6.45) is 0.810. The van der Waals surface area contributed by atoms with E-state index in [-0.39, 0.29) is 11.1 Å². The van der Waals surface area contributed by atoms with Gasteiger partial charge in [-0.05, 0) is 33.7 Å². The summed E-state index contributed by atoms with van der Waals surface area (Å²) < 4.78 is 0. The maximum atomic E-state index is 12.6. The van der Waals surface area contributed by atoms with E-state index in [4.69, 9.17) is 5.41 Å². The van der Waals surface area contributed by atoms with E-state index in [1.807, 2.05) is 66.4 Å². The lowest BCUT2D eigenvalue weighted by Gasteiger charge is -2.14. The highest BCUT2D eigenvalue weighted by molar-refractivity contribution is 8.19. The van der Waals surface area contributed by atoms with E-state index in [1.54, 1.807) is 0 Å². The van der Waals surface area contributed by atoms with Crippen LogP contribution in [0.3, 0.4) is 0 Å². The SMILES string of the molecule is CN/C(=C\S/C=C1\SC(=N)N(Cc2ccccc2)C1=O)Cc1ccccc1. The number of benzene rings is 2. The molecular weight excluding hydrogens is 374 g/mol. The number of hydrogen-bond donors (Lipinski definition) is 2. The molecule has 3 rings (SSSR count). The van der Waals surface area contributed by atoms with Crippen molar-refractivity contribution in [3.8, 4) is 0 Å². The summed E-state index contributed by atoms with van der Waals surface area (Å²) in [5.74, 6) is -0.108. The van der Waals surface area contributed by atoms with Crippen LogP contribution in [-0.4, -0.2) is 23.0 Å². The third-order valence-corrected chi connectivity index (χ3v) is 5.90. The number of likely N-dealkylation sites (N-methyl/N-ethyl adjacent to an activating group) is 1. The van der Waals surface area contributed by atoms with E-state index in [2.05, 4.69) is 17.4 Å². The van der Waals surface area contributed by atoms with Crippen molar-refractivity contribution in [2.45, 2.75) is 13.0 Å². The molecule has 2 N–H and O–H groups in total. The summed E-state index contributed by atoms with van der Waals surface area (Å²) in [6.45, 7) is 0.430. The molecule has 6 heteroatoms. The van der Waals surface area contributed by atoms with Crippen LogP contribution in [0.25, 0.3) is 0 Å². The van der Waals surface area contributed by atoms with Gasteiger partial charge < -0.3 is 5.32 Å². The summed E-state index contributed by atoms with van der Waals surface area (Å²) in [5.41, 5.74) is 3.33. The van der Waals surface area contributed by atoms with Gasteiger partial charge in [-0.3, -0.25) is 15.1 Å². The molecular formula is C21H21N3OS2. The van der Waals surface area contributed by atoms with Crippen molar-refractivity contribution < 1.29 is 4.79 Å². The second-order valence-corrected chi connectivity index (χ2v) is 7.73. The minimum atomic E-state index is -0.108. The third kappa shape index (κ3) is 5.28. The Morgan fingerprint density at radius 3 is 2.37 bits per heavy atom. The van der Waals surface area contributed by atoms with E-state index in [1.165, 1.54) is 34.0 Å². The van der Waals surface area contributed by atoms with E-state index in [0.717, 1.165) is 17.7 Å². The number of nitrogens with zero attached hydrogens (tertiary/aromatic N) is 1. The van der Waals surface area contributed by atoms with Gasteiger partial charge in [0.15, 0.2) is 5.17 Å². The molecule has 1 fully saturated rings. The predicted molar refractivity (Wildman–Crippen MR) is 115 cm³/mol. The number of hydrogen-bond acceptors (Lipinski definition) is 5. The first-order valence-corrected chi connectivity index (χ1v) is 10.3. The molecule has 1 aliphatic rings. The van der Waals surface area contributed by atoms with Gasteiger partial charge in [-0.1, -0.05) is 60.7 Å². The number of amides is 1.